The van der Waals surface area contributed by atoms with Gasteiger partial charge in [0.2, 0.25) is 0 Å². The lowest BCUT2D eigenvalue weighted by molar-refractivity contribution is 0.203. The molecule has 0 aromatic heterocycles. The highest BCUT2D eigenvalue weighted by atomic mass is 127. The number of halogens is 1. The van der Waals surface area contributed by atoms with Crippen LogP contribution in [0.15, 0.2) is 29.3 Å². The molecule has 0 bridgehead atoms. The van der Waals surface area contributed by atoms with E-state index in [0.717, 1.165) is 38.4 Å². The van der Waals surface area contributed by atoms with Crippen LogP contribution in [-0.4, -0.2) is 43.3 Å². The Kier molecular flexibility index (Phi) is 10.4. The second-order valence-corrected chi connectivity index (χ2v) is 7.95. The summed E-state index contributed by atoms with van der Waals surface area (Å²) in [5, 5.41) is 16.3. The van der Waals surface area contributed by atoms with Gasteiger partial charge in [0, 0.05) is 38.0 Å². The molecule has 1 saturated carbocycles. The standard InChI is InChI=1S/C22H36N4O.HI/c1-2-23-22(25-20-6-4-3-5-7-20)24-16-18-8-10-21(11-9-18)26-14-12-19(17-27)13-15-26;/h8-11,19-20,27H,2-7,12-17H2,1H3,(H2,23,24,25);1H. The molecule has 1 saturated heterocycles. The topological polar surface area (TPSA) is 59.9 Å². The first-order chi connectivity index (χ1) is 13.3. The Labute approximate surface area is 187 Å². The molecule has 1 heterocycles. The Balaban J connectivity index is 0.00000280. The number of piperidine rings is 1. The van der Waals surface area contributed by atoms with Crippen molar-refractivity contribution in [1.82, 2.24) is 10.6 Å². The van der Waals surface area contributed by atoms with E-state index in [-0.39, 0.29) is 24.0 Å². The Morgan fingerprint density at radius 1 is 1.07 bits per heavy atom. The van der Waals surface area contributed by atoms with Crippen LogP contribution in [0, 0.1) is 5.92 Å². The highest BCUT2D eigenvalue weighted by Gasteiger charge is 2.18. The van der Waals surface area contributed by atoms with E-state index in [4.69, 9.17) is 4.99 Å². The third kappa shape index (κ3) is 7.10. The maximum atomic E-state index is 9.29. The molecule has 1 aliphatic heterocycles. The zero-order valence-electron chi connectivity index (χ0n) is 17.2. The summed E-state index contributed by atoms with van der Waals surface area (Å²) in [5.74, 6) is 1.43. The number of nitrogens with one attached hydrogen (secondary N) is 2. The van der Waals surface area contributed by atoms with Crippen molar-refractivity contribution in [3.8, 4) is 0 Å². The summed E-state index contributed by atoms with van der Waals surface area (Å²) in [4.78, 5) is 7.22. The molecular weight excluding hydrogens is 463 g/mol. The number of nitrogens with zero attached hydrogens (tertiary/aromatic N) is 2. The van der Waals surface area contributed by atoms with Crippen molar-refractivity contribution in [2.24, 2.45) is 10.9 Å². The van der Waals surface area contributed by atoms with Crippen molar-refractivity contribution < 1.29 is 5.11 Å². The van der Waals surface area contributed by atoms with Gasteiger partial charge < -0.3 is 20.6 Å². The summed E-state index contributed by atoms with van der Waals surface area (Å²) in [7, 11) is 0. The van der Waals surface area contributed by atoms with Crippen LogP contribution in [0.25, 0.3) is 0 Å². The van der Waals surface area contributed by atoms with Gasteiger partial charge >= 0.3 is 0 Å². The molecule has 0 spiro atoms. The molecule has 2 aliphatic rings. The predicted molar refractivity (Wildman–Crippen MR) is 129 cm³/mol. The van der Waals surface area contributed by atoms with E-state index in [1.807, 2.05) is 0 Å². The van der Waals surface area contributed by atoms with E-state index in [0.29, 0.717) is 25.1 Å². The van der Waals surface area contributed by atoms with Crippen LogP contribution in [0.3, 0.4) is 0 Å². The summed E-state index contributed by atoms with van der Waals surface area (Å²) in [6.07, 6.45) is 8.71. The van der Waals surface area contributed by atoms with E-state index >= 15 is 0 Å². The minimum atomic E-state index is 0. The Hall–Kier alpha value is -1.02. The highest BCUT2D eigenvalue weighted by Crippen LogP contribution is 2.23. The molecule has 0 radical (unpaired) electrons. The molecule has 3 rings (SSSR count). The highest BCUT2D eigenvalue weighted by molar-refractivity contribution is 14.0. The molecule has 1 aromatic carbocycles. The fourth-order valence-corrected chi connectivity index (χ4v) is 4.12. The van der Waals surface area contributed by atoms with Gasteiger partial charge in [-0.05, 0) is 56.2 Å². The van der Waals surface area contributed by atoms with Crippen LogP contribution in [0.5, 0.6) is 0 Å². The van der Waals surface area contributed by atoms with Gasteiger partial charge in [0.25, 0.3) is 0 Å². The maximum Gasteiger partial charge on any atom is 0.191 e. The van der Waals surface area contributed by atoms with Crippen LogP contribution < -0.4 is 15.5 Å². The Morgan fingerprint density at radius 3 is 2.36 bits per heavy atom. The molecule has 1 aliphatic carbocycles. The third-order valence-electron chi connectivity index (χ3n) is 5.88. The number of benzene rings is 1. The zero-order chi connectivity index (χ0) is 18.9. The molecule has 0 unspecified atom stereocenters. The minimum absolute atomic E-state index is 0. The SMILES string of the molecule is CCNC(=NCc1ccc(N2CCC(CO)CC2)cc1)NC1CCCCC1.I. The second kappa shape index (κ2) is 12.5. The number of guanidine groups is 1. The van der Waals surface area contributed by atoms with Crippen LogP contribution in [0.2, 0.25) is 0 Å². The minimum Gasteiger partial charge on any atom is -0.396 e. The van der Waals surface area contributed by atoms with Gasteiger partial charge in [-0.3, -0.25) is 0 Å². The van der Waals surface area contributed by atoms with E-state index in [1.54, 1.807) is 0 Å². The first kappa shape index (κ1) is 23.3. The van der Waals surface area contributed by atoms with E-state index in [1.165, 1.54) is 43.4 Å². The molecule has 0 atom stereocenters. The van der Waals surface area contributed by atoms with E-state index in [2.05, 4.69) is 46.7 Å². The van der Waals surface area contributed by atoms with Crippen LogP contribution in [0.4, 0.5) is 5.69 Å². The lowest BCUT2D eigenvalue weighted by Gasteiger charge is -2.32. The smallest absolute Gasteiger partial charge is 0.191 e. The van der Waals surface area contributed by atoms with Gasteiger partial charge in [-0.15, -0.1) is 24.0 Å². The Morgan fingerprint density at radius 2 is 1.75 bits per heavy atom. The first-order valence-corrected chi connectivity index (χ1v) is 10.8. The first-order valence-electron chi connectivity index (χ1n) is 10.8. The van der Waals surface area contributed by atoms with Crippen molar-refractivity contribution in [2.45, 2.75) is 64.5 Å². The number of hydrogen-bond donors (Lipinski definition) is 3. The van der Waals surface area contributed by atoms with E-state index < -0.39 is 0 Å². The molecule has 0 amide bonds. The average molecular weight is 500 g/mol. The molecule has 158 valence electrons. The average Bonchev–Trinajstić information content (AvgIpc) is 2.73. The lowest BCUT2D eigenvalue weighted by Crippen LogP contribution is -2.44. The summed E-state index contributed by atoms with van der Waals surface area (Å²) in [6, 6.07) is 9.39. The maximum absolute atomic E-state index is 9.29. The normalized spacial score (nSPS) is 19.2. The summed E-state index contributed by atoms with van der Waals surface area (Å²) in [6.45, 7) is 6.12. The van der Waals surface area contributed by atoms with Crippen LogP contribution in [0.1, 0.15) is 57.4 Å². The quantitative estimate of drug-likeness (QED) is 0.315. The van der Waals surface area contributed by atoms with Gasteiger partial charge in [0.1, 0.15) is 0 Å². The van der Waals surface area contributed by atoms with Gasteiger partial charge in [0.15, 0.2) is 5.96 Å². The molecule has 28 heavy (non-hydrogen) atoms. The molecular formula is C22H37IN4O. The Bertz CT molecular complexity index is 579. The molecule has 1 aromatic rings. The van der Waals surface area contributed by atoms with Crippen molar-refractivity contribution in [1.29, 1.82) is 0 Å². The van der Waals surface area contributed by atoms with Crippen molar-refractivity contribution in [2.75, 3.05) is 31.1 Å². The fraction of sp³-hybridized carbons (Fsp3) is 0.682. The van der Waals surface area contributed by atoms with Gasteiger partial charge in [0.05, 0.1) is 6.54 Å². The summed E-state index contributed by atoms with van der Waals surface area (Å²) >= 11 is 0. The second-order valence-electron chi connectivity index (χ2n) is 7.95. The number of aliphatic hydroxyl groups excluding tert-OH is 1. The molecule has 6 heteroatoms. The number of aliphatic imine (C=N–C) groups is 1. The van der Waals surface area contributed by atoms with Crippen molar-refractivity contribution >= 4 is 35.6 Å². The molecule has 5 nitrogen and oxygen atoms in total. The van der Waals surface area contributed by atoms with Crippen LogP contribution >= 0.6 is 24.0 Å². The largest absolute Gasteiger partial charge is 0.396 e. The van der Waals surface area contributed by atoms with Crippen molar-refractivity contribution in [3.63, 3.8) is 0 Å². The molecule has 2 fully saturated rings. The summed E-state index contributed by atoms with van der Waals surface area (Å²) in [5.41, 5.74) is 2.52. The van der Waals surface area contributed by atoms with Gasteiger partial charge in [-0.2, -0.15) is 0 Å². The number of aliphatic hydroxyl groups is 1. The lowest BCUT2D eigenvalue weighted by atomic mass is 9.96. The third-order valence-corrected chi connectivity index (χ3v) is 5.88. The monoisotopic (exact) mass is 500 g/mol. The fourth-order valence-electron chi connectivity index (χ4n) is 4.12. The van der Waals surface area contributed by atoms with Gasteiger partial charge in [-0.25, -0.2) is 4.99 Å². The van der Waals surface area contributed by atoms with Crippen molar-refractivity contribution in [3.05, 3.63) is 29.8 Å². The zero-order valence-corrected chi connectivity index (χ0v) is 19.5. The molecule has 3 N–H and O–H groups in total. The number of hydrogen-bond acceptors (Lipinski definition) is 3. The van der Waals surface area contributed by atoms with Gasteiger partial charge in [-0.1, -0.05) is 31.4 Å². The van der Waals surface area contributed by atoms with Crippen LogP contribution in [-0.2, 0) is 6.54 Å². The predicted octanol–water partition coefficient (Wildman–Crippen LogP) is 3.90. The van der Waals surface area contributed by atoms with E-state index in [9.17, 15) is 5.11 Å². The number of rotatable bonds is 6. The summed E-state index contributed by atoms with van der Waals surface area (Å²) < 4.78 is 0. The number of anilines is 1.